The van der Waals surface area contributed by atoms with Crippen LogP contribution in [-0.4, -0.2) is 50.0 Å². The van der Waals surface area contributed by atoms with Crippen molar-refractivity contribution in [1.29, 1.82) is 0 Å². The van der Waals surface area contributed by atoms with E-state index in [0.29, 0.717) is 6.04 Å². The first-order valence-corrected chi connectivity index (χ1v) is 8.63. The van der Waals surface area contributed by atoms with Crippen molar-refractivity contribution in [2.45, 2.75) is 44.2 Å². The maximum atomic E-state index is 6.13. The van der Waals surface area contributed by atoms with Crippen molar-refractivity contribution in [2.75, 3.05) is 38.4 Å². The Kier molecular flexibility index (Phi) is 5.80. The van der Waals surface area contributed by atoms with E-state index >= 15 is 0 Å². The molecular formula is C14H27NO2S. The van der Waals surface area contributed by atoms with Crippen molar-refractivity contribution in [3.63, 3.8) is 0 Å². The molecule has 1 spiro atoms. The molecule has 2 aliphatic rings. The standard InChI is InChI=1S/C14H27NO2S/c1-3-15-13(11-18-2)12-4-7-17-14(10-12)5-8-16-9-6-14/h12-13,15H,3-11H2,1-2H3. The first kappa shape index (κ1) is 14.6. The molecule has 4 heteroatoms. The molecule has 3 nitrogen and oxygen atoms in total. The van der Waals surface area contributed by atoms with Gasteiger partial charge in [0.15, 0.2) is 0 Å². The van der Waals surface area contributed by atoms with Crippen LogP contribution in [0.3, 0.4) is 0 Å². The van der Waals surface area contributed by atoms with Crippen LogP contribution in [0.4, 0.5) is 0 Å². The molecule has 0 saturated carbocycles. The Morgan fingerprint density at radius 3 is 2.78 bits per heavy atom. The molecule has 1 N–H and O–H groups in total. The zero-order valence-electron chi connectivity index (χ0n) is 11.7. The van der Waals surface area contributed by atoms with E-state index in [1.54, 1.807) is 0 Å². The highest BCUT2D eigenvalue weighted by Crippen LogP contribution is 2.38. The predicted octanol–water partition coefficient (Wildman–Crippen LogP) is 2.30. The number of rotatable bonds is 5. The summed E-state index contributed by atoms with van der Waals surface area (Å²) in [6, 6.07) is 0.647. The molecular weight excluding hydrogens is 246 g/mol. The predicted molar refractivity (Wildman–Crippen MR) is 77.3 cm³/mol. The minimum atomic E-state index is 0.132. The summed E-state index contributed by atoms with van der Waals surface area (Å²) in [7, 11) is 0. The monoisotopic (exact) mass is 273 g/mol. The van der Waals surface area contributed by atoms with E-state index in [1.165, 1.54) is 18.6 Å². The number of hydrogen-bond acceptors (Lipinski definition) is 4. The Hall–Kier alpha value is 0.230. The molecule has 0 aromatic carbocycles. The van der Waals surface area contributed by atoms with Crippen molar-refractivity contribution in [3.8, 4) is 0 Å². The lowest BCUT2D eigenvalue weighted by Gasteiger charge is -2.45. The summed E-state index contributed by atoms with van der Waals surface area (Å²) < 4.78 is 11.6. The quantitative estimate of drug-likeness (QED) is 0.832. The molecule has 2 saturated heterocycles. The van der Waals surface area contributed by atoms with E-state index in [2.05, 4.69) is 18.5 Å². The fourth-order valence-corrected chi connectivity index (χ4v) is 4.05. The summed E-state index contributed by atoms with van der Waals surface area (Å²) in [5.41, 5.74) is 0.132. The van der Waals surface area contributed by atoms with E-state index in [0.717, 1.165) is 45.1 Å². The molecule has 0 aliphatic carbocycles. The third-order valence-corrected chi connectivity index (χ3v) is 5.01. The molecule has 18 heavy (non-hydrogen) atoms. The van der Waals surface area contributed by atoms with Gasteiger partial charge in [0.2, 0.25) is 0 Å². The second-order valence-corrected chi connectivity index (χ2v) is 6.43. The minimum absolute atomic E-state index is 0.132. The maximum Gasteiger partial charge on any atom is 0.0729 e. The van der Waals surface area contributed by atoms with Gasteiger partial charge in [-0.2, -0.15) is 11.8 Å². The molecule has 0 bridgehead atoms. The van der Waals surface area contributed by atoms with Gasteiger partial charge >= 0.3 is 0 Å². The van der Waals surface area contributed by atoms with Crippen LogP contribution in [0.5, 0.6) is 0 Å². The lowest BCUT2D eigenvalue weighted by Crippen LogP contribution is -2.50. The Bertz CT molecular complexity index is 232. The SMILES string of the molecule is CCNC(CSC)C1CCOC2(CCOCC2)C1. The van der Waals surface area contributed by atoms with Crippen molar-refractivity contribution in [1.82, 2.24) is 5.32 Å². The third-order valence-electron chi connectivity index (χ3n) is 4.32. The van der Waals surface area contributed by atoms with E-state index in [9.17, 15) is 0 Å². The van der Waals surface area contributed by atoms with Crippen LogP contribution in [-0.2, 0) is 9.47 Å². The number of hydrogen-bond donors (Lipinski definition) is 1. The van der Waals surface area contributed by atoms with Gasteiger partial charge in [-0.1, -0.05) is 6.92 Å². The van der Waals surface area contributed by atoms with Crippen LogP contribution in [0.15, 0.2) is 0 Å². The number of ether oxygens (including phenoxy) is 2. The van der Waals surface area contributed by atoms with E-state index in [-0.39, 0.29) is 5.60 Å². The molecule has 0 aromatic heterocycles. The summed E-state index contributed by atoms with van der Waals surface area (Å²) in [6.45, 7) is 5.96. The third kappa shape index (κ3) is 3.62. The largest absolute Gasteiger partial charge is 0.381 e. The van der Waals surface area contributed by atoms with Gasteiger partial charge in [0.1, 0.15) is 0 Å². The van der Waals surface area contributed by atoms with Crippen molar-refractivity contribution < 1.29 is 9.47 Å². The molecule has 2 rings (SSSR count). The summed E-state index contributed by atoms with van der Waals surface area (Å²) in [6.07, 6.45) is 6.80. The normalized spacial score (nSPS) is 29.3. The molecule has 0 amide bonds. The summed E-state index contributed by atoms with van der Waals surface area (Å²) >= 11 is 1.95. The second-order valence-electron chi connectivity index (χ2n) is 5.52. The van der Waals surface area contributed by atoms with E-state index < -0.39 is 0 Å². The van der Waals surface area contributed by atoms with Gasteiger partial charge in [-0.05, 0) is 44.4 Å². The van der Waals surface area contributed by atoms with Crippen molar-refractivity contribution in [2.24, 2.45) is 5.92 Å². The van der Waals surface area contributed by atoms with Crippen LogP contribution in [0.25, 0.3) is 0 Å². The Morgan fingerprint density at radius 2 is 2.11 bits per heavy atom. The minimum Gasteiger partial charge on any atom is -0.381 e. The average molecular weight is 273 g/mol. The molecule has 0 radical (unpaired) electrons. The Balaban J connectivity index is 1.95. The van der Waals surface area contributed by atoms with E-state index in [4.69, 9.17) is 9.47 Å². The van der Waals surface area contributed by atoms with Crippen LogP contribution >= 0.6 is 11.8 Å². The molecule has 2 heterocycles. The van der Waals surface area contributed by atoms with Crippen molar-refractivity contribution >= 4 is 11.8 Å². The zero-order chi connectivity index (χ0) is 12.8. The van der Waals surface area contributed by atoms with Crippen LogP contribution in [0.2, 0.25) is 0 Å². The van der Waals surface area contributed by atoms with Crippen LogP contribution < -0.4 is 5.32 Å². The molecule has 2 unspecified atom stereocenters. The summed E-state index contributed by atoms with van der Waals surface area (Å²) in [5, 5.41) is 3.67. The highest BCUT2D eigenvalue weighted by atomic mass is 32.2. The smallest absolute Gasteiger partial charge is 0.0729 e. The highest BCUT2D eigenvalue weighted by molar-refractivity contribution is 7.98. The lowest BCUT2D eigenvalue weighted by atomic mass is 9.78. The van der Waals surface area contributed by atoms with E-state index in [1.807, 2.05) is 11.8 Å². The highest BCUT2D eigenvalue weighted by Gasteiger charge is 2.40. The first-order valence-electron chi connectivity index (χ1n) is 7.24. The second kappa shape index (κ2) is 7.13. The Labute approximate surface area is 115 Å². The fraction of sp³-hybridized carbons (Fsp3) is 1.00. The first-order chi connectivity index (χ1) is 8.79. The number of thioether (sulfide) groups is 1. The Morgan fingerprint density at radius 1 is 1.33 bits per heavy atom. The average Bonchev–Trinajstić information content (AvgIpc) is 2.39. The zero-order valence-corrected chi connectivity index (χ0v) is 12.6. The molecule has 2 aliphatic heterocycles. The van der Waals surface area contributed by atoms with Gasteiger partial charge in [0.25, 0.3) is 0 Å². The topological polar surface area (TPSA) is 30.5 Å². The van der Waals surface area contributed by atoms with Crippen LogP contribution in [0.1, 0.15) is 32.6 Å². The summed E-state index contributed by atoms with van der Waals surface area (Å²) in [4.78, 5) is 0. The summed E-state index contributed by atoms with van der Waals surface area (Å²) in [5.74, 6) is 1.98. The van der Waals surface area contributed by atoms with Crippen molar-refractivity contribution in [3.05, 3.63) is 0 Å². The number of nitrogens with one attached hydrogen (secondary N) is 1. The van der Waals surface area contributed by atoms with Gasteiger partial charge in [0, 0.05) is 31.6 Å². The molecule has 2 fully saturated rings. The van der Waals surface area contributed by atoms with Gasteiger partial charge in [-0.3, -0.25) is 0 Å². The fourth-order valence-electron chi connectivity index (χ4n) is 3.30. The molecule has 106 valence electrons. The van der Waals surface area contributed by atoms with Gasteiger partial charge in [-0.15, -0.1) is 0 Å². The van der Waals surface area contributed by atoms with Crippen LogP contribution in [0, 0.1) is 5.92 Å². The molecule has 0 aromatic rings. The van der Waals surface area contributed by atoms with Gasteiger partial charge in [-0.25, -0.2) is 0 Å². The maximum absolute atomic E-state index is 6.13. The lowest BCUT2D eigenvalue weighted by molar-refractivity contribution is -0.149. The van der Waals surface area contributed by atoms with Gasteiger partial charge in [0.05, 0.1) is 5.60 Å². The molecule has 2 atom stereocenters. The van der Waals surface area contributed by atoms with Gasteiger partial charge < -0.3 is 14.8 Å².